The highest BCUT2D eigenvalue weighted by Gasteiger charge is 2.22. The number of fused-ring (bicyclic) bond motifs is 2. The van der Waals surface area contributed by atoms with Crippen LogP contribution >= 0.6 is 0 Å². The summed E-state index contributed by atoms with van der Waals surface area (Å²) >= 11 is 0. The Kier molecular flexibility index (Phi) is 6.91. The van der Waals surface area contributed by atoms with Gasteiger partial charge in [0.1, 0.15) is 25.6 Å². The van der Waals surface area contributed by atoms with Gasteiger partial charge < -0.3 is 24.8 Å². The van der Waals surface area contributed by atoms with Crippen LogP contribution in [0.15, 0.2) is 54.6 Å². The number of carbonyl (C=O) groups excluding carboxylic acids is 1. The molecule has 1 heterocycles. The predicted molar refractivity (Wildman–Crippen MR) is 136 cm³/mol. The second-order valence-corrected chi connectivity index (χ2v) is 9.13. The number of hydrogen-bond acceptors (Lipinski definition) is 5. The summed E-state index contributed by atoms with van der Waals surface area (Å²) in [6.07, 6.45) is 2.10. The quantitative estimate of drug-likeness (QED) is 0.464. The molecule has 6 nitrogen and oxygen atoms in total. The Balaban J connectivity index is 1.24. The Labute approximate surface area is 206 Å². The third-order valence-corrected chi connectivity index (χ3v) is 6.78. The molecule has 2 N–H and O–H groups in total. The van der Waals surface area contributed by atoms with E-state index in [1.165, 1.54) is 22.3 Å². The zero-order valence-electron chi connectivity index (χ0n) is 20.4. The van der Waals surface area contributed by atoms with E-state index in [0.29, 0.717) is 32.4 Å². The highest BCUT2D eigenvalue weighted by molar-refractivity contribution is 5.72. The van der Waals surface area contributed by atoms with Crippen LogP contribution in [0.25, 0.3) is 11.1 Å². The third-order valence-electron chi connectivity index (χ3n) is 6.78. The molecule has 1 aliphatic carbocycles. The van der Waals surface area contributed by atoms with Crippen molar-refractivity contribution in [1.82, 2.24) is 10.6 Å². The molecule has 0 saturated carbocycles. The minimum absolute atomic E-state index is 0.00693. The molecule has 0 radical (unpaired) electrons. The molecule has 35 heavy (non-hydrogen) atoms. The van der Waals surface area contributed by atoms with E-state index in [0.717, 1.165) is 47.8 Å². The molecule has 3 aromatic rings. The van der Waals surface area contributed by atoms with Gasteiger partial charge in [-0.15, -0.1) is 0 Å². The summed E-state index contributed by atoms with van der Waals surface area (Å²) in [6.45, 7) is 6.79. The zero-order valence-corrected chi connectivity index (χ0v) is 20.4. The van der Waals surface area contributed by atoms with Gasteiger partial charge in [0.15, 0.2) is 11.5 Å². The van der Waals surface area contributed by atoms with Crippen LogP contribution < -0.4 is 24.8 Å². The van der Waals surface area contributed by atoms with Crippen molar-refractivity contribution in [2.24, 2.45) is 0 Å². The summed E-state index contributed by atoms with van der Waals surface area (Å²) < 4.78 is 17.7. The van der Waals surface area contributed by atoms with Crippen molar-refractivity contribution in [3.8, 4) is 28.4 Å². The van der Waals surface area contributed by atoms with E-state index in [-0.39, 0.29) is 5.91 Å². The summed E-state index contributed by atoms with van der Waals surface area (Å²) in [5.41, 5.74) is 7.32. The standard InChI is InChI=1S/C29H32N2O4/c1-19-23(4-3-5-25(19)22-7-11-28-29(17-22)34-15-14-33-28)18-35-24-8-9-26-21(16-24)6-10-27(26)31-13-12-30-20(2)32/h3-5,7-9,11,16-17,27,31H,6,10,12-15,18H2,1-2H3,(H,30,32). The van der Waals surface area contributed by atoms with Gasteiger partial charge in [-0.25, -0.2) is 0 Å². The molecule has 1 aliphatic heterocycles. The first-order valence-corrected chi connectivity index (χ1v) is 12.3. The lowest BCUT2D eigenvalue weighted by Crippen LogP contribution is -2.31. The van der Waals surface area contributed by atoms with Gasteiger partial charge in [0.2, 0.25) is 5.91 Å². The van der Waals surface area contributed by atoms with Gasteiger partial charge in [-0.3, -0.25) is 4.79 Å². The van der Waals surface area contributed by atoms with Gasteiger partial charge in [-0.2, -0.15) is 0 Å². The molecule has 5 rings (SSSR count). The van der Waals surface area contributed by atoms with E-state index in [4.69, 9.17) is 14.2 Å². The normalized spacial score (nSPS) is 16.0. The van der Waals surface area contributed by atoms with Crippen LogP contribution in [0.4, 0.5) is 0 Å². The Hall–Kier alpha value is -3.51. The van der Waals surface area contributed by atoms with Crippen LogP contribution in [0.2, 0.25) is 0 Å². The van der Waals surface area contributed by atoms with Gasteiger partial charge in [-0.05, 0) is 77.4 Å². The molecule has 2 aliphatic rings. The molecule has 3 aromatic carbocycles. The first-order chi connectivity index (χ1) is 17.1. The first-order valence-electron chi connectivity index (χ1n) is 12.3. The van der Waals surface area contributed by atoms with Gasteiger partial charge in [0, 0.05) is 26.1 Å². The summed E-state index contributed by atoms with van der Waals surface area (Å²) in [5.74, 6) is 2.51. The molecular formula is C29H32N2O4. The SMILES string of the molecule is CC(=O)NCCNC1CCc2cc(OCc3cccc(-c4ccc5c(c4)OCCO5)c3C)ccc21. The van der Waals surface area contributed by atoms with Crippen molar-refractivity contribution in [2.75, 3.05) is 26.3 Å². The summed E-state index contributed by atoms with van der Waals surface area (Å²) in [4.78, 5) is 11.0. The highest BCUT2D eigenvalue weighted by Crippen LogP contribution is 2.37. The number of hydrogen-bond donors (Lipinski definition) is 2. The van der Waals surface area contributed by atoms with Crippen molar-refractivity contribution in [3.63, 3.8) is 0 Å². The molecule has 0 fully saturated rings. The Morgan fingerprint density at radius 2 is 1.89 bits per heavy atom. The molecule has 0 saturated heterocycles. The molecule has 0 aromatic heterocycles. The highest BCUT2D eigenvalue weighted by atomic mass is 16.6. The van der Waals surface area contributed by atoms with Crippen molar-refractivity contribution in [1.29, 1.82) is 0 Å². The average molecular weight is 473 g/mol. The number of benzene rings is 3. The predicted octanol–water partition coefficient (Wildman–Crippen LogP) is 4.73. The fourth-order valence-electron chi connectivity index (χ4n) is 4.91. The lowest BCUT2D eigenvalue weighted by molar-refractivity contribution is -0.118. The fraction of sp³-hybridized carbons (Fsp3) is 0.345. The zero-order chi connectivity index (χ0) is 24.2. The molecule has 0 spiro atoms. The second kappa shape index (κ2) is 10.4. The van der Waals surface area contributed by atoms with Crippen LogP contribution in [-0.2, 0) is 17.8 Å². The lowest BCUT2D eigenvalue weighted by atomic mass is 9.96. The lowest BCUT2D eigenvalue weighted by Gasteiger charge is -2.20. The monoisotopic (exact) mass is 472 g/mol. The minimum Gasteiger partial charge on any atom is -0.489 e. The number of nitrogens with one attached hydrogen (secondary N) is 2. The van der Waals surface area contributed by atoms with Crippen molar-refractivity contribution < 1.29 is 19.0 Å². The van der Waals surface area contributed by atoms with E-state index in [1.807, 2.05) is 6.07 Å². The largest absolute Gasteiger partial charge is 0.489 e. The molecule has 1 unspecified atom stereocenters. The summed E-state index contributed by atoms with van der Waals surface area (Å²) in [7, 11) is 0. The minimum atomic E-state index is 0.00693. The molecule has 1 amide bonds. The molecular weight excluding hydrogens is 440 g/mol. The second-order valence-electron chi connectivity index (χ2n) is 9.13. The number of carbonyl (C=O) groups is 1. The number of amides is 1. The van der Waals surface area contributed by atoms with Crippen LogP contribution in [-0.4, -0.2) is 32.2 Å². The number of ether oxygens (including phenoxy) is 3. The topological polar surface area (TPSA) is 68.8 Å². The van der Waals surface area contributed by atoms with Gasteiger partial charge >= 0.3 is 0 Å². The van der Waals surface area contributed by atoms with Gasteiger partial charge in [0.25, 0.3) is 0 Å². The van der Waals surface area contributed by atoms with Crippen LogP contribution in [0.1, 0.15) is 41.6 Å². The van der Waals surface area contributed by atoms with Gasteiger partial charge in [0.05, 0.1) is 0 Å². The summed E-state index contributed by atoms with van der Waals surface area (Å²) in [5, 5.41) is 6.38. The van der Waals surface area contributed by atoms with Crippen molar-refractivity contribution in [3.05, 3.63) is 76.9 Å². The van der Waals surface area contributed by atoms with E-state index >= 15 is 0 Å². The third kappa shape index (κ3) is 5.28. The number of rotatable bonds is 8. The molecule has 0 bridgehead atoms. The van der Waals surface area contributed by atoms with Crippen LogP contribution in [0, 0.1) is 6.92 Å². The Morgan fingerprint density at radius 3 is 2.74 bits per heavy atom. The maximum atomic E-state index is 11.0. The smallest absolute Gasteiger partial charge is 0.216 e. The number of aryl methyl sites for hydroxylation is 1. The van der Waals surface area contributed by atoms with Crippen molar-refractivity contribution >= 4 is 5.91 Å². The van der Waals surface area contributed by atoms with Crippen molar-refractivity contribution in [2.45, 2.75) is 39.3 Å². The van der Waals surface area contributed by atoms with E-state index in [2.05, 4.69) is 66.1 Å². The average Bonchev–Trinajstić information content (AvgIpc) is 3.28. The van der Waals surface area contributed by atoms with E-state index in [1.54, 1.807) is 6.92 Å². The molecule has 1 atom stereocenters. The fourth-order valence-corrected chi connectivity index (χ4v) is 4.91. The molecule has 182 valence electrons. The Bertz CT molecular complexity index is 1220. The first kappa shape index (κ1) is 23.2. The molecule has 6 heteroatoms. The Morgan fingerprint density at radius 1 is 1.03 bits per heavy atom. The van der Waals surface area contributed by atoms with E-state index < -0.39 is 0 Å². The van der Waals surface area contributed by atoms with Crippen LogP contribution in [0.3, 0.4) is 0 Å². The van der Waals surface area contributed by atoms with Gasteiger partial charge in [-0.1, -0.05) is 30.3 Å². The summed E-state index contributed by atoms with van der Waals surface area (Å²) in [6, 6.07) is 19.2. The maximum Gasteiger partial charge on any atom is 0.216 e. The van der Waals surface area contributed by atoms with Crippen LogP contribution in [0.5, 0.6) is 17.2 Å². The van der Waals surface area contributed by atoms with E-state index in [9.17, 15) is 4.79 Å². The maximum absolute atomic E-state index is 11.0.